The quantitative estimate of drug-likeness (QED) is 0.193. The minimum Gasteiger partial charge on any atom is -0.393 e. The highest BCUT2D eigenvalue weighted by molar-refractivity contribution is 9.10. The Morgan fingerprint density at radius 2 is 1.11 bits per heavy atom. The van der Waals surface area contributed by atoms with Gasteiger partial charge in [0, 0.05) is 38.3 Å². The lowest BCUT2D eigenvalue weighted by Crippen LogP contribution is -2.35. The van der Waals surface area contributed by atoms with Crippen molar-refractivity contribution in [1.82, 2.24) is 20.3 Å². The third-order valence-electron chi connectivity index (χ3n) is 7.56. The van der Waals surface area contributed by atoms with Crippen LogP contribution in [0.5, 0.6) is 0 Å². The number of anilines is 3. The van der Waals surface area contributed by atoms with Gasteiger partial charge < -0.3 is 56.4 Å². The zero-order valence-corrected chi connectivity index (χ0v) is 27.6. The second kappa shape index (κ2) is 19.6. The first-order valence-corrected chi connectivity index (χ1v) is 16.1. The Morgan fingerprint density at radius 1 is 0.681 bits per heavy atom. The molecule has 0 saturated carbocycles. The molecule has 6 heterocycles. The summed E-state index contributed by atoms with van der Waals surface area (Å²) in [5, 5.41) is 51.2. The Morgan fingerprint density at radius 3 is 1.45 bits per heavy atom. The average Bonchev–Trinajstić information content (AvgIpc) is 3.07. The first kappa shape index (κ1) is 37.4. The zero-order valence-electron chi connectivity index (χ0n) is 26.0. The maximum Gasteiger partial charge on any atom is 0.363 e. The highest BCUT2D eigenvalue weighted by Gasteiger charge is 2.19. The SMILES string of the molecule is Nc1ccc(N2CCC(O)CC2)cn1.O=[N+]([O-])c1ccc(Br)cn1.O=[N+]([O-])c1ccc(N2CCC(O)CC2)cn1.OC1CCNCC1. The molecular weight excluding hydrogens is 678 g/mol. The smallest absolute Gasteiger partial charge is 0.363 e. The second-order valence-electron chi connectivity index (χ2n) is 11.1. The number of rotatable bonds is 4. The van der Waals surface area contributed by atoms with E-state index in [2.05, 4.69) is 46.0 Å². The van der Waals surface area contributed by atoms with Gasteiger partial charge in [0.05, 0.1) is 40.4 Å². The van der Waals surface area contributed by atoms with Crippen molar-refractivity contribution in [3.63, 3.8) is 0 Å². The molecule has 47 heavy (non-hydrogen) atoms. The van der Waals surface area contributed by atoms with Crippen LogP contribution >= 0.6 is 15.9 Å². The van der Waals surface area contributed by atoms with Crippen LogP contribution in [0.4, 0.5) is 28.8 Å². The van der Waals surface area contributed by atoms with Crippen molar-refractivity contribution >= 4 is 44.8 Å². The van der Waals surface area contributed by atoms with Crippen molar-refractivity contribution in [1.29, 1.82) is 0 Å². The molecule has 256 valence electrons. The van der Waals surface area contributed by atoms with E-state index in [9.17, 15) is 30.4 Å². The van der Waals surface area contributed by atoms with Gasteiger partial charge >= 0.3 is 11.6 Å². The Hall–Kier alpha value is -4.03. The monoisotopic (exact) mass is 719 g/mol. The molecule has 3 fully saturated rings. The minimum atomic E-state index is -0.535. The van der Waals surface area contributed by atoms with Gasteiger partial charge in [0.15, 0.2) is 12.4 Å². The normalized spacial score (nSPS) is 17.2. The van der Waals surface area contributed by atoms with Crippen LogP contribution < -0.4 is 20.9 Å². The summed E-state index contributed by atoms with van der Waals surface area (Å²) in [6.07, 6.45) is 9.31. The minimum absolute atomic E-state index is 0.0266. The molecule has 6 N–H and O–H groups in total. The van der Waals surface area contributed by atoms with Gasteiger partial charge in [-0.2, -0.15) is 0 Å². The summed E-state index contributed by atoms with van der Waals surface area (Å²) in [6.45, 7) is 5.29. The summed E-state index contributed by atoms with van der Waals surface area (Å²) in [6, 6.07) is 9.79. The number of aliphatic hydroxyl groups is 3. The van der Waals surface area contributed by atoms with Gasteiger partial charge in [-0.25, -0.2) is 4.98 Å². The summed E-state index contributed by atoms with van der Waals surface area (Å²) in [5.74, 6) is 0.273. The van der Waals surface area contributed by atoms with Crippen molar-refractivity contribution in [3.8, 4) is 0 Å². The molecule has 0 aromatic carbocycles. The van der Waals surface area contributed by atoms with Gasteiger partial charge in [-0.1, -0.05) is 0 Å². The third-order valence-corrected chi connectivity index (χ3v) is 8.03. The Balaban J connectivity index is 0.000000177. The molecule has 3 aromatic heterocycles. The molecule has 0 radical (unpaired) electrons. The number of halogens is 1. The molecule has 0 spiro atoms. The fraction of sp³-hybridized carbons (Fsp3) is 0.500. The van der Waals surface area contributed by atoms with E-state index in [0.29, 0.717) is 5.82 Å². The number of nitrogens with one attached hydrogen (secondary N) is 1. The molecule has 6 rings (SSSR count). The van der Waals surface area contributed by atoms with Crippen molar-refractivity contribution in [2.24, 2.45) is 0 Å². The molecule has 0 unspecified atom stereocenters. The highest BCUT2D eigenvalue weighted by atomic mass is 79.9. The largest absolute Gasteiger partial charge is 0.393 e. The maximum absolute atomic E-state index is 10.4. The Bertz CT molecular complexity index is 1350. The molecule has 3 aromatic rings. The topological polar surface area (TPSA) is 230 Å². The second-order valence-corrected chi connectivity index (χ2v) is 12.0. The number of aliphatic hydroxyl groups excluding tert-OH is 3. The Labute approximate surface area is 281 Å². The van der Waals surface area contributed by atoms with E-state index in [4.69, 9.17) is 10.8 Å². The molecule has 3 saturated heterocycles. The molecule has 0 amide bonds. The lowest BCUT2D eigenvalue weighted by atomic mass is 10.1. The molecule has 17 heteroatoms. The lowest BCUT2D eigenvalue weighted by Gasteiger charge is -2.31. The van der Waals surface area contributed by atoms with E-state index >= 15 is 0 Å². The molecule has 3 aliphatic heterocycles. The van der Waals surface area contributed by atoms with Crippen molar-refractivity contribution in [2.75, 3.05) is 54.8 Å². The van der Waals surface area contributed by atoms with Crippen LogP contribution in [-0.4, -0.2) is 97.7 Å². The van der Waals surface area contributed by atoms with Crippen LogP contribution in [0.25, 0.3) is 0 Å². The summed E-state index contributed by atoms with van der Waals surface area (Å²) < 4.78 is 0.734. The number of nitrogens with two attached hydrogens (primary N) is 1. The van der Waals surface area contributed by atoms with E-state index in [-0.39, 0.29) is 29.9 Å². The first-order chi connectivity index (χ1) is 22.5. The maximum atomic E-state index is 10.4. The molecular formula is C30H42BrN9O7. The predicted octanol–water partition coefficient (Wildman–Crippen LogP) is 3.06. The van der Waals surface area contributed by atoms with Crippen LogP contribution in [0.15, 0.2) is 59.5 Å². The zero-order chi connectivity index (χ0) is 34.2. The number of hydrogen-bond acceptors (Lipinski definition) is 14. The standard InChI is InChI=1S/C10H13N3O3.C10H15N3O.C5H3BrN2O2.C5H11NO/c14-9-3-5-12(6-4-9)8-1-2-10(11-7-8)13(15)16;11-10-2-1-8(7-12-10)13-5-3-9(14)4-6-13;6-4-1-2-5(7-3-4)8(9)10;7-5-1-3-6-4-2-5/h1-2,7,9,14H,3-6H2;1-2,7,9,14H,3-6H2,(H2,11,12);1-3H;5-7H,1-4H2. The molecule has 0 bridgehead atoms. The lowest BCUT2D eigenvalue weighted by molar-refractivity contribution is -0.389. The van der Waals surface area contributed by atoms with Gasteiger partial charge in [0.25, 0.3) is 0 Å². The number of nitrogen functional groups attached to an aromatic ring is 1. The van der Waals surface area contributed by atoms with E-state index in [0.717, 1.165) is 93.6 Å². The summed E-state index contributed by atoms with van der Waals surface area (Å²) >= 11 is 3.11. The van der Waals surface area contributed by atoms with E-state index in [1.165, 1.54) is 24.5 Å². The van der Waals surface area contributed by atoms with Gasteiger partial charge in [0.1, 0.15) is 5.82 Å². The van der Waals surface area contributed by atoms with Crippen molar-refractivity contribution in [3.05, 3.63) is 79.7 Å². The molecule has 3 aliphatic rings. The number of hydrogen-bond donors (Lipinski definition) is 5. The van der Waals surface area contributed by atoms with Crippen LogP contribution in [0.3, 0.4) is 0 Å². The van der Waals surface area contributed by atoms with E-state index in [1.807, 2.05) is 6.07 Å². The van der Waals surface area contributed by atoms with Crippen molar-refractivity contribution in [2.45, 2.75) is 56.8 Å². The van der Waals surface area contributed by atoms with Crippen LogP contribution in [0.1, 0.15) is 38.5 Å². The van der Waals surface area contributed by atoms with Gasteiger partial charge in [-0.15, -0.1) is 0 Å². The third kappa shape index (κ3) is 13.7. The fourth-order valence-corrected chi connectivity index (χ4v) is 5.02. The molecule has 0 atom stereocenters. The number of aromatic nitrogens is 3. The molecule has 0 aliphatic carbocycles. The molecule has 16 nitrogen and oxygen atoms in total. The summed E-state index contributed by atoms with van der Waals surface area (Å²) in [4.78, 5) is 35.1. The Kier molecular flexibility index (Phi) is 15.6. The summed E-state index contributed by atoms with van der Waals surface area (Å²) in [7, 11) is 0. The van der Waals surface area contributed by atoms with E-state index in [1.54, 1.807) is 24.4 Å². The highest BCUT2D eigenvalue weighted by Crippen LogP contribution is 2.21. The van der Waals surface area contributed by atoms with Crippen molar-refractivity contribution < 1.29 is 25.2 Å². The number of piperidine rings is 3. The van der Waals surface area contributed by atoms with Crippen LogP contribution in [-0.2, 0) is 0 Å². The fourth-order valence-electron chi connectivity index (χ4n) is 4.79. The van der Waals surface area contributed by atoms with E-state index < -0.39 is 9.85 Å². The average molecular weight is 721 g/mol. The van der Waals surface area contributed by atoms with Crippen LogP contribution in [0, 0.1) is 20.2 Å². The van der Waals surface area contributed by atoms with Crippen LogP contribution in [0.2, 0.25) is 0 Å². The van der Waals surface area contributed by atoms with Gasteiger partial charge in [-0.3, -0.25) is 0 Å². The first-order valence-electron chi connectivity index (χ1n) is 15.3. The summed E-state index contributed by atoms with van der Waals surface area (Å²) in [5.41, 5.74) is 7.47. The van der Waals surface area contributed by atoms with Gasteiger partial charge in [-0.05, 0) is 112 Å². The number of nitro groups is 2. The van der Waals surface area contributed by atoms with Gasteiger partial charge in [0.2, 0.25) is 0 Å². The number of pyridine rings is 3. The predicted molar refractivity (Wildman–Crippen MR) is 181 cm³/mol. The number of nitrogens with zero attached hydrogens (tertiary/aromatic N) is 7.